The Morgan fingerprint density at radius 1 is 1.75 bits per heavy atom. The van der Waals surface area contributed by atoms with Crippen molar-refractivity contribution in [3.05, 3.63) is 11.9 Å². The number of amides is 1. The maximum atomic E-state index is 12.1. The zero-order chi connectivity index (χ0) is 9.14. The van der Waals surface area contributed by atoms with Gasteiger partial charge in [0.25, 0.3) is 6.43 Å². The Morgan fingerprint density at radius 3 is 2.83 bits per heavy atom. The van der Waals surface area contributed by atoms with Crippen LogP contribution in [0.1, 0.15) is 0 Å². The highest BCUT2D eigenvalue weighted by molar-refractivity contribution is 5.75. The van der Waals surface area contributed by atoms with Gasteiger partial charge in [-0.05, 0) is 0 Å². The van der Waals surface area contributed by atoms with Gasteiger partial charge in [0.05, 0.1) is 12.7 Å². The van der Waals surface area contributed by atoms with Crippen LogP contribution < -0.4 is 0 Å². The van der Waals surface area contributed by atoms with E-state index in [1.54, 1.807) is 0 Å². The monoisotopic (exact) mass is 176 g/mol. The van der Waals surface area contributed by atoms with Crippen molar-refractivity contribution in [1.82, 2.24) is 4.90 Å². The molecule has 1 heterocycles. The molecule has 0 aromatic heterocycles. The second-order valence-corrected chi connectivity index (χ2v) is 2.08. The lowest BCUT2D eigenvalue weighted by molar-refractivity contribution is 0.122. The normalized spacial score (nSPS) is 16.6. The third-order valence-electron chi connectivity index (χ3n) is 1.34. The number of aliphatic imine (C=N–C) groups is 1. The summed E-state index contributed by atoms with van der Waals surface area (Å²) < 4.78 is 24.2. The van der Waals surface area contributed by atoms with Gasteiger partial charge in [0.2, 0.25) is 0 Å². The fraction of sp³-hybridized carbons (Fsp3) is 0.333. The molecular formula is C6H6F2N2O2. The van der Waals surface area contributed by atoms with Crippen molar-refractivity contribution in [2.45, 2.75) is 6.43 Å². The predicted molar refractivity (Wildman–Crippen MR) is 37.3 cm³/mol. The third-order valence-corrected chi connectivity index (χ3v) is 1.34. The quantitative estimate of drug-likeness (QED) is 0.651. The SMILES string of the molecule is O=C(O)N1CC=NC=C1C(F)F. The molecule has 1 amide bonds. The van der Waals surface area contributed by atoms with Crippen molar-refractivity contribution < 1.29 is 18.7 Å². The van der Waals surface area contributed by atoms with Crippen LogP contribution in [0.2, 0.25) is 0 Å². The average molecular weight is 176 g/mol. The van der Waals surface area contributed by atoms with Crippen LogP contribution in [-0.2, 0) is 0 Å². The van der Waals surface area contributed by atoms with Crippen molar-refractivity contribution in [2.24, 2.45) is 4.99 Å². The van der Waals surface area contributed by atoms with Crippen molar-refractivity contribution in [3.8, 4) is 0 Å². The summed E-state index contributed by atoms with van der Waals surface area (Å²) in [4.78, 5) is 14.4. The van der Waals surface area contributed by atoms with E-state index < -0.39 is 18.2 Å². The smallest absolute Gasteiger partial charge is 0.412 e. The minimum atomic E-state index is -2.81. The molecule has 0 unspecified atom stereocenters. The number of allylic oxidation sites excluding steroid dienone is 1. The van der Waals surface area contributed by atoms with E-state index in [0.29, 0.717) is 4.90 Å². The molecule has 0 spiro atoms. The van der Waals surface area contributed by atoms with Gasteiger partial charge in [0.1, 0.15) is 5.70 Å². The summed E-state index contributed by atoms with van der Waals surface area (Å²) in [5.74, 6) is 0. The van der Waals surface area contributed by atoms with Crippen molar-refractivity contribution >= 4 is 12.3 Å². The Balaban J connectivity index is 2.84. The highest BCUT2D eigenvalue weighted by Gasteiger charge is 2.24. The van der Waals surface area contributed by atoms with Crippen molar-refractivity contribution in [3.63, 3.8) is 0 Å². The first-order chi connectivity index (χ1) is 5.63. The molecular weight excluding hydrogens is 170 g/mol. The molecule has 1 N–H and O–H groups in total. The predicted octanol–water partition coefficient (Wildman–Crippen LogP) is 1.16. The number of alkyl halides is 2. The molecule has 0 saturated heterocycles. The summed E-state index contributed by atoms with van der Waals surface area (Å²) in [5.41, 5.74) is -0.579. The molecule has 0 aromatic carbocycles. The summed E-state index contributed by atoms with van der Waals surface area (Å²) in [6.07, 6.45) is -2.10. The van der Waals surface area contributed by atoms with Crippen LogP contribution in [0.3, 0.4) is 0 Å². The number of hydrogen-bond donors (Lipinski definition) is 1. The topological polar surface area (TPSA) is 52.9 Å². The molecule has 6 heteroatoms. The van der Waals surface area contributed by atoms with Gasteiger partial charge in [-0.1, -0.05) is 0 Å². The van der Waals surface area contributed by atoms with E-state index in [1.807, 2.05) is 0 Å². The van der Waals surface area contributed by atoms with Crippen molar-refractivity contribution in [2.75, 3.05) is 6.54 Å². The average Bonchev–Trinajstić information content (AvgIpc) is 2.04. The first-order valence-electron chi connectivity index (χ1n) is 3.13. The molecule has 66 valence electrons. The van der Waals surface area contributed by atoms with Gasteiger partial charge < -0.3 is 5.11 Å². The number of carboxylic acid groups (broad SMARTS) is 1. The van der Waals surface area contributed by atoms with Crippen LogP contribution in [0.15, 0.2) is 16.9 Å². The molecule has 12 heavy (non-hydrogen) atoms. The number of nitrogens with zero attached hydrogens (tertiary/aromatic N) is 2. The second kappa shape index (κ2) is 3.29. The van der Waals surface area contributed by atoms with Crippen molar-refractivity contribution in [1.29, 1.82) is 0 Å². The maximum Gasteiger partial charge on any atom is 0.412 e. The van der Waals surface area contributed by atoms with E-state index in [9.17, 15) is 13.6 Å². The number of halogens is 2. The van der Waals surface area contributed by atoms with E-state index in [0.717, 1.165) is 6.20 Å². The van der Waals surface area contributed by atoms with Gasteiger partial charge in [0.15, 0.2) is 0 Å². The summed E-state index contributed by atoms with van der Waals surface area (Å²) >= 11 is 0. The van der Waals surface area contributed by atoms with E-state index >= 15 is 0 Å². The lowest BCUT2D eigenvalue weighted by Crippen LogP contribution is -2.34. The third kappa shape index (κ3) is 1.58. The molecule has 4 nitrogen and oxygen atoms in total. The first-order valence-corrected chi connectivity index (χ1v) is 3.13. The summed E-state index contributed by atoms with van der Waals surface area (Å²) in [6, 6.07) is 0. The van der Waals surface area contributed by atoms with Gasteiger partial charge in [-0.3, -0.25) is 9.89 Å². The maximum absolute atomic E-state index is 12.1. The van der Waals surface area contributed by atoms with Crippen LogP contribution in [0.4, 0.5) is 13.6 Å². The zero-order valence-electron chi connectivity index (χ0n) is 5.94. The molecule has 0 radical (unpaired) electrons. The fourth-order valence-electron chi connectivity index (χ4n) is 0.796. The van der Waals surface area contributed by atoms with Crippen LogP contribution >= 0.6 is 0 Å². The largest absolute Gasteiger partial charge is 0.465 e. The first kappa shape index (κ1) is 8.63. The van der Waals surface area contributed by atoms with Gasteiger partial charge in [-0.25, -0.2) is 13.6 Å². The molecule has 1 rings (SSSR count). The van der Waals surface area contributed by atoms with Crippen LogP contribution in [0, 0.1) is 0 Å². The van der Waals surface area contributed by atoms with Gasteiger partial charge in [-0.2, -0.15) is 0 Å². The minimum Gasteiger partial charge on any atom is -0.465 e. The number of rotatable bonds is 1. The molecule has 0 fully saturated rings. The molecule has 0 saturated carbocycles. The molecule has 1 aliphatic rings. The molecule has 0 bridgehead atoms. The Labute approximate surface area is 66.8 Å². The summed E-state index contributed by atoms with van der Waals surface area (Å²) in [6.45, 7) is -0.120. The van der Waals surface area contributed by atoms with Crippen LogP contribution in [-0.4, -0.2) is 35.3 Å². The van der Waals surface area contributed by atoms with E-state index in [2.05, 4.69) is 4.99 Å². The Morgan fingerprint density at radius 2 is 2.42 bits per heavy atom. The molecule has 1 aliphatic heterocycles. The van der Waals surface area contributed by atoms with Gasteiger partial charge >= 0.3 is 6.09 Å². The Bertz CT molecular complexity index is 250. The van der Waals surface area contributed by atoms with E-state index in [1.165, 1.54) is 6.21 Å². The standard InChI is InChI=1S/C6H6F2N2O2/c7-5(8)4-3-9-1-2-10(4)6(11)12/h1,3,5H,2H2,(H,11,12). The van der Waals surface area contributed by atoms with Crippen LogP contribution in [0.25, 0.3) is 0 Å². The Kier molecular flexibility index (Phi) is 2.37. The second-order valence-electron chi connectivity index (χ2n) is 2.08. The van der Waals surface area contributed by atoms with Gasteiger partial charge in [0, 0.05) is 6.21 Å². The highest BCUT2D eigenvalue weighted by atomic mass is 19.3. The number of carbonyl (C=O) groups is 1. The summed E-state index contributed by atoms with van der Waals surface area (Å²) in [5, 5.41) is 8.45. The lowest BCUT2D eigenvalue weighted by atomic mass is 10.4. The Hall–Kier alpha value is -1.46. The molecule has 0 aliphatic carbocycles. The molecule has 0 atom stereocenters. The van der Waals surface area contributed by atoms with E-state index in [-0.39, 0.29) is 6.54 Å². The minimum absolute atomic E-state index is 0.120. The lowest BCUT2D eigenvalue weighted by Gasteiger charge is -2.21. The molecule has 0 aromatic rings. The van der Waals surface area contributed by atoms with Crippen LogP contribution in [0.5, 0.6) is 0 Å². The number of hydrogen-bond acceptors (Lipinski definition) is 2. The fourth-order valence-corrected chi connectivity index (χ4v) is 0.796. The summed E-state index contributed by atoms with van der Waals surface area (Å²) in [7, 11) is 0. The van der Waals surface area contributed by atoms with E-state index in [4.69, 9.17) is 5.11 Å². The van der Waals surface area contributed by atoms with Gasteiger partial charge in [-0.15, -0.1) is 0 Å². The zero-order valence-corrected chi connectivity index (χ0v) is 5.94. The highest BCUT2D eigenvalue weighted by Crippen LogP contribution is 2.16.